The van der Waals surface area contributed by atoms with E-state index in [0.717, 1.165) is 36.9 Å². The van der Waals surface area contributed by atoms with Gasteiger partial charge in [0, 0.05) is 31.4 Å². The molecule has 2 aromatic carbocycles. The van der Waals surface area contributed by atoms with Gasteiger partial charge in [0.15, 0.2) is 11.5 Å². The first-order valence-electron chi connectivity index (χ1n) is 14.2. The first kappa shape index (κ1) is 26.5. The molecule has 1 aliphatic heterocycles. The van der Waals surface area contributed by atoms with Gasteiger partial charge in [0.1, 0.15) is 0 Å². The second kappa shape index (κ2) is 12.2. The lowest BCUT2D eigenvalue weighted by molar-refractivity contribution is -0.130. The van der Waals surface area contributed by atoms with Crippen LogP contribution in [0.4, 0.5) is 5.69 Å². The van der Waals surface area contributed by atoms with E-state index in [2.05, 4.69) is 27.7 Å². The molecule has 1 heterocycles. The lowest BCUT2D eigenvalue weighted by atomic mass is 9.86. The van der Waals surface area contributed by atoms with Gasteiger partial charge in [-0.05, 0) is 79.5 Å². The van der Waals surface area contributed by atoms with Gasteiger partial charge in [-0.25, -0.2) is 0 Å². The van der Waals surface area contributed by atoms with Gasteiger partial charge in [-0.2, -0.15) is 0 Å². The molecule has 0 spiro atoms. The van der Waals surface area contributed by atoms with Crippen LogP contribution >= 0.6 is 0 Å². The summed E-state index contributed by atoms with van der Waals surface area (Å²) in [6.07, 6.45) is 9.64. The van der Waals surface area contributed by atoms with Gasteiger partial charge in [-0.15, -0.1) is 0 Å². The lowest BCUT2D eigenvalue weighted by Gasteiger charge is -2.37. The van der Waals surface area contributed by atoms with E-state index in [1.807, 2.05) is 24.3 Å². The quantitative estimate of drug-likeness (QED) is 0.528. The summed E-state index contributed by atoms with van der Waals surface area (Å²) in [6, 6.07) is 12.4. The van der Waals surface area contributed by atoms with Gasteiger partial charge >= 0.3 is 0 Å². The van der Waals surface area contributed by atoms with Crippen molar-refractivity contribution < 1.29 is 19.1 Å². The monoisotopic (exact) mass is 519 g/mol. The van der Waals surface area contributed by atoms with Crippen LogP contribution in [0.3, 0.4) is 0 Å². The van der Waals surface area contributed by atoms with Crippen molar-refractivity contribution >= 4 is 17.5 Å². The molecule has 2 fully saturated rings. The van der Waals surface area contributed by atoms with Gasteiger partial charge in [0.05, 0.1) is 26.1 Å². The molecule has 2 aliphatic carbocycles. The van der Waals surface area contributed by atoms with Gasteiger partial charge in [0.25, 0.3) is 0 Å². The van der Waals surface area contributed by atoms with E-state index >= 15 is 0 Å². The molecule has 0 radical (unpaired) electrons. The van der Waals surface area contributed by atoms with Gasteiger partial charge in [0.2, 0.25) is 11.8 Å². The molecule has 7 heteroatoms. The summed E-state index contributed by atoms with van der Waals surface area (Å²) in [7, 11) is 3.26. The van der Waals surface area contributed by atoms with E-state index in [9.17, 15) is 9.59 Å². The average Bonchev–Trinajstić information content (AvgIpc) is 3.41. The molecule has 2 atom stereocenters. The van der Waals surface area contributed by atoms with Crippen LogP contribution in [-0.4, -0.2) is 50.1 Å². The van der Waals surface area contributed by atoms with Crippen LogP contribution in [0.15, 0.2) is 36.4 Å². The zero-order valence-corrected chi connectivity index (χ0v) is 22.8. The van der Waals surface area contributed by atoms with E-state index in [-0.39, 0.29) is 29.7 Å². The lowest BCUT2D eigenvalue weighted by Crippen LogP contribution is -2.50. The molecule has 0 unspecified atom stereocenters. The summed E-state index contributed by atoms with van der Waals surface area (Å²) in [4.78, 5) is 29.1. The number of anilines is 1. The topological polar surface area (TPSA) is 79.9 Å². The number of nitrogens with one attached hydrogen (secondary N) is 2. The molecule has 0 aromatic heterocycles. The zero-order chi connectivity index (χ0) is 26.5. The molecule has 204 valence electrons. The molecule has 38 heavy (non-hydrogen) atoms. The van der Waals surface area contributed by atoms with Crippen molar-refractivity contribution in [2.75, 3.05) is 32.6 Å². The van der Waals surface area contributed by atoms with E-state index in [1.165, 1.54) is 36.8 Å². The highest BCUT2D eigenvalue weighted by Crippen LogP contribution is 2.31. The molecular weight excluding hydrogens is 478 g/mol. The Morgan fingerprint density at radius 3 is 2.34 bits per heavy atom. The molecule has 2 N–H and O–H groups in total. The van der Waals surface area contributed by atoms with Crippen molar-refractivity contribution in [3.63, 3.8) is 0 Å². The smallest absolute Gasteiger partial charge is 0.228 e. The number of hydrogen-bond acceptors (Lipinski definition) is 5. The number of benzene rings is 2. The second-order valence-electron chi connectivity index (χ2n) is 11.2. The number of ether oxygens (including phenoxy) is 2. The zero-order valence-electron chi connectivity index (χ0n) is 22.8. The minimum absolute atomic E-state index is 0.00424. The van der Waals surface area contributed by atoms with Crippen molar-refractivity contribution in [3.05, 3.63) is 53.1 Å². The Labute approximate surface area is 226 Å². The van der Waals surface area contributed by atoms with Crippen molar-refractivity contribution in [1.82, 2.24) is 10.2 Å². The van der Waals surface area contributed by atoms with Crippen LogP contribution in [0.2, 0.25) is 0 Å². The summed E-state index contributed by atoms with van der Waals surface area (Å²) in [5.74, 6) is 0.964. The number of nitrogens with zero attached hydrogens (tertiary/aromatic N) is 1. The van der Waals surface area contributed by atoms with Crippen LogP contribution in [0.5, 0.6) is 11.5 Å². The maximum atomic E-state index is 13.5. The van der Waals surface area contributed by atoms with Gasteiger partial charge in [-0.3, -0.25) is 14.5 Å². The highest BCUT2D eigenvalue weighted by Gasteiger charge is 2.36. The molecule has 1 saturated carbocycles. The number of carbonyl (C=O) groups is 2. The minimum Gasteiger partial charge on any atom is -0.493 e. The standard InChI is InChI=1S/C31H41N3O4/c1-37-28-14-11-21(15-29(28)38-2)18-34-19-24(30(35)32-26-9-4-3-5-10-26)16-25(20-34)31(36)33-27-13-12-22-7-6-8-23(22)17-27/h11-15,17,24-26H,3-10,16,18-20H2,1-2H3,(H,32,35)(H,33,36)/t24-,25+/m0/s1. The summed E-state index contributed by atoms with van der Waals surface area (Å²) >= 11 is 0. The van der Waals surface area contributed by atoms with E-state index in [4.69, 9.17) is 9.47 Å². The summed E-state index contributed by atoms with van der Waals surface area (Å²) < 4.78 is 10.9. The Morgan fingerprint density at radius 2 is 1.58 bits per heavy atom. The number of piperidine rings is 1. The highest BCUT2D eigenvalue weighted by molar-refractivity contribution is 5.93. The SMILES string of the molecule is COc1ccc(CN2C[C@H](C(=O)Nc3ccc4c(c3)CCC4)C[C@H](C(=O)NC3CCCCC3)C2)cc1OC. The molecular formula is C31H41N3O4. The van der Waals surface area contributed by atoms with Crippen molar-refractivity contribution in [2.24, 2.45) is 11.8 Å². The predicted molar refractivity (Wildman–Crippen MR) is 149 cm³/mol. The normalized spacial score (nSPS) is 21.9. The van der Waals surface area contributed by atoms with Crippen LogP contribution in [0, 0.1) is 11.8 Å². The predicted octanol–water partition coefficient (Wildman–Crippen LogP) is 4.72. The third kappa shape index (κ3) is 6.32. The number of amides is 2. The van der Waals surface area contributed by atoms with E-state index in [1.54, 1.807) is 14.2 Å². The fourth-order valence-corrected chi connectivity index (χ4v) is 6.40. The third-order valence-corrected chi connectivity index (χ3v) is 8.44. The Bertz CT molecular complexity index is 1140. The summed E-state index contributed by atoms with van der Waals surface area (Å²) in [6.45, 7) is 1.88. The van der Waals surface area contributed by atoms with Gasteiger partial charge in [-0.1, -0.05) is 31.4 Å². The van der Waals surface area contributed by atoms with Crippen molar-refractivity contribution in [2.45, 2.75) is 70.4 Å². The molecule has 5 rings (SSSR count). The summed E-state index contributed by atoms with van der Waals surface area (Å²) in [5.41, 5.74) is 4.65. The Balaban J connectivity index is 1.30. The average molecular weight is 520 g/mol. The van der Waals surface area contributed by atoms with Crippen LogP contribution in [0.1, 0.15) is 61.6 Å². The molecule has 3 aliphatic rings. The molecule has 2 aromatic rings. The number of likely N-dealkylation sites (tertiary alicyclic amines) is 1. The second-order valence-corrected chi connectivity index (χ2v) is 11.2. The number of fused-ring (bicyclic) bond motifs is 1. The maximum Gasteiger partial charge on any atom is 0.228 e. The van der Waals surface area contributed by atoms with Crippen LogP contribution < -0.4 is 20.1 Å². The van der Waals surface area contributed by atoms with Crippen molar-refractivity contribution in [3.8, 4) is 11.5 Å². The minimum atomic E-state index is -0.265. The fraction of sp³-hybridized carbons (Fsp3) is 0.548. The Hall–Kier alpha value is -3.06. The number of carbonyl (C=O) groups excluding carboxylic acids is 2. The number of methoxy groups -OCH3 is 2. The first-order valence-corrected chi connectivity index (χ1v) is 14.2. The van der Waals surface area contributed by atoms with Crippen LogP contribution in [0.25, 0.3) is 0 Å². The number of hydrogen-bond donors (Lipinski definition) is 2. The number of aryl methyl sites for hydroxylation is 2. The molecule has 2 amide bonds. The Morgan fingerprint density at radius 1 is 0.842 bits per heavy atom. The fourth-order valence-electron chi connectivity index (χ4n) is 6.40. The first-order chi connectivity index (χ1) is 18.5. The van der Waals surface area contributed by atoms with E-state index < -0.39 is 0 Å². The molecule has 0 bridgehead atoms. The maximum absolute atomic E-state index is 13.5. The largest absolute Gasteiger partial charge is 0.493 e. The summed E-state index contributed by atoms with van der Waals surface area (Å²) in [5, 5.41) is 6.48. The van der Waals surface area contributed by atoms with Crippen molar-refractivity contribution in [1.29, 1.82) is 0 Å². The van der Waals surface area contributed by atoms with Gasteiger partial charge < -0.3 is 20.1 Å². The van der Waals surface area contributed by atoms with E-state index in [0.29, 0.717) is 37.6 Å². The number of rotatable bonds is 8. The molecule has 1 saturated heterocycles. The highest BCUT2D eigenvalue weighted by atomic mass is 16.5. The third-order valence-electron chi connectivity index (χ3n) is 8.44. The molecule has 7 nitrogen and oxygen atoms in total. The Kier molecular flexibility index (Phi) is 8.52. The van der Waals surface area contributed by atoms with Crippen LogP contribution in [-0.2, 0) is 29.0 Å².